The second-order valence-electron chi connectivity index (χ2n) is 8.60. The summed E-state index contributed by atoms with van der Waals surface area (Å²) in [4.78, 5) is 31.4. The maximum absolute atomic E-state index is 12.6. The first kappa shape index (κ1) is 20.1. The van der Waals surface area contributed by atoms with Crippen LogP contribution < -0.4 is 4.90 Å². The Morgan fingerprint density at radius 3 is 2.79 bits per heavy atom. The topological polar surface area (TPSA) is 98.4 Å². The van der Waals surface area contributed by atoms with E-state index in [2.05, 4.69) is 9.88 Å². The molecule has 1 aliphatic heterocycles. The highest BCUT2D eigenvalue weighted by Crippen LogP contribution is 2.29. The number of hydrogen-bond donors (Lipinski definition) is 2. The molecule has 0 bridgehead atoms. The van der Waals surface area contributed by atoms with Gasteiger partial charge in [0, 0.05) is 39.0 Å². The Kier molecular flexibility index (Phi) is 5.34. The molecule has 0 radical (unpaired) electrons. The number of β-amino-alcohol motifs (C(OH)–C–C–N with tert-alkyl or cyclic N) is 1. The molecule has 1 fully saturated rings. The van der Waals surface area contributed by atoms with E-state index in [1.165, 1.54) is 4.90 Å². The fourth-order valence-electron chi connectivity index (χ4n) is 3.92. The molecule has 8 heteroatoms. The van der Waals surface area contributed by atoms with Gasteiger partial charge >= 0.3 is 5.97 Å². The lowest BCUT2D eigenvalue weighted by atomic mass is 9.85. The molecule has 0 aliphatic carbocycles. The van der Waals surface area contributed by atoms with Crippen LogP contribution in [-0.4, -0.2) is 68.7 Å². The van der Waals surface area contributed by atoms with Crippen molar-refractivity contribution in [1.82, 2.24) is 14.3 Å². The standard InChI is InChI=1S/C20H28N4O4/c1-19(2,12-18(26)27)11-17(25)22(3)13-20(28)7-9-23(14-20)16-6-4-5-15-21-8-10-24(15)16/h4-6,8,10,28H,7,9,11-14H2,1-3H3,(H,26,27)/t20-/m1/s1. The Bertz CT molecular complexity index is 878. The van der Waals surface area contributed by atoms with Crippen molar-refractivity contribution in [2.45, 2.75) is 38.7 Å². The quantitative estimate of drug-likeness (QED) is 0.748. The number of imidazole rings is 1. The molecule has 0 aromatic carbocycles. The zero-order chi connectivity index (χ0) is 20.5. The van der Waals surface area contributed by atoms with Crippen molar-refractivity contribution < 1.29 is 19.8 Å². The van der Waals surface area contributed by atoms with Crippen molar-refractivity contribution in [2.75, 3.05) is 31.6 Å². The average Bonchev–Trinajstić information content (AvgIpc) is 3.19. The average molecular weight is 388 g/mol. The van der Waals surface area contributed by atoms with Crippen LogP contribution in [0.1, 0.15) is 33.1 Å². The predicted molar refractivity (Wildman–Crippen MR) is 105 cm³/mol. The summed E-state index contributed by atoms with van der Waals surface area (Å²) in [6.45, 7) is 4.85. The molecule has 8 nitrogen and oxygen atoms in total. The third-order valence-corrected chi connectivity index (χ3v) is 5.28. The molecule has 2 N–H and O–H groups in total. The predicted octanol–water partition coefficient (Wildman–Crippen LogP) is 1.62. The van der Waals surface area contributed by atoms with E-state index in [0.29, 0.717) is 19.5 Å². The lowest BCUT2D eigenvalue weighted by Crippen LogP contribution is -2.46. The van der Waals surface area contributed by atoms with E-state index in [-0.39, 0.29) is 25.3 Å². The smallest absolute Gasteiger partial charge is 0.303 e. The highest BCUT2D eigenvalue weighted by atomic mass is 16.4. The van der Waals surface area contributed by atoms with Crippen LogP contribution in [0.5, 0.6) is 0 Å². The number of aliphatic hydroxyl groups is 1. The number of carboxylic acids is 1. The molecule has 1 atom stereocenters. The first-order valence-electron chi connectivity index (χ1n) is 9.44. The van der Waals surface area contributed by atoms with Crippen molar-refractivity contribution >= 4 is 23.3 Å². The number of aliphatic carboxylic acids is 1. The molecular weight excluding hydrogens is 360 g/mol. The largest absolute Gasteiger partial charge is 0.481 e. The van der Waals surface area contributed by atoms with E-state index in [1.54, 1.807) is 27.1 Å². The molecule has 2 aromatic rings. The van der Waals surface area contributed by atoms with Gasteiger partial charge in [-0.2, -0.15) is 0 Å². The molecule has 1 aliphatic rings. The van der Waals surface area contributed by atoms with Gasteiger partial charge < -0.3 is 20.0 Å². The van der Waals surface area contributed by atoms with Crippen molar-refractivity contribution in [3.05, 3.63) is 30.6 Å². The third-order valence-electron chi connectivity index (χ3n) is 5.28. The van der Waals surface area contributed by atoms with Gasteiger partial charge in [0.25, 0.3) is 0 Å². The van der Waals surface area contributed by atoms with Crippen LogP contribution in [0.15, 0.2) is 30.6 Å². The third kappa shape index (κ3) is 4.44. The summed E-state index contributed by atoms with van der Waals surface area (Å²) in [5, 5.41) is 20.0. The van der Waals surface area contributed by atoms with Crippen LogP contribution >= 0.6 is 0 Å². The fraction of sp³-hybridized carbons (Fsp3) is 0.550. The summed E-state index contributed by atoms with van der Waals surface area (Å²) in [5.74, 6) is -0.114. The SMILES string of the molecule is CN(C[C@]1(O)CCN(c2cccc3nccn23)C1)C(=O)CC(C)(C)CC(=O)O. The summed E-state index contributed by atoms with van der Waals surface area (Å²) < 4.78 is 1.98. The van der Waals surface area contributed by atoms with Gasteiger partial charge in [-0.05, 0) is 24.0 Å². The van der Waals surface area contributed by atoms with Crippen LogP contribution in [0.2, 0.25) is 0 Å². The molecule has 2 aromatic heterocycles. The van der Waals surface area contributed by atoms with Crippen LogP contribution in [0.4, 0.5) is 5.82 Å². The summed E-state index contributed by atoms with van der Waals surface area (Å²) in [6, 6.07) is 5.86. The molecule has 28 heavy (non-hydrogen) atoms. The van der Waals surface area contributed by atoms with Gasteiger partial charge in [0.1, 0.15) is 17.1 Å². The molecule has 1 amide bonds. The monoisotopic (exact) mass is 388 g/mol. The van der Waals surface area contributed by atoms with Gasteiger partial charge in [-0.25, -0.2) is 4.98 Å². The molecule has 3 rings (SSSR count). The maximum atomic E-state index is 12.6. The second kappa shape index (κ2) is 7.43. The number of nitrogens with zero attached hydrogens (tertiary/aromatic N) is 4. The second-order valence-corrected chi connectivity index (χ2v) is 8.60. The minimum absolute atomic E-state index is 0.0699. The number of carbonyl (C=O) groups excluding carboxylic acids is 1. The molecule has 1 saturated heterocycles. The Balaban J connectivity index is 1.64. The van der Waals surface area contributed by atoms with Crippen LogP contribution in [0, 0.1) is 5.41 Å². The Morgan fingerprint density at radius 2 is 2.07 bits per heavy atom. The van der Waals surface area contributed by atoms with E-state index >= 15 is 0 Å². The van der Waals surface area contributed by atoms with Crippen molar-refractivity contribution in [2.24, 2.45) is 5.41 Å². The lowest BCUT2D eigenvalue weighted by Gasteiger charge is -2.31. The molecular formula is C20H28N4O4. The molecule has 0 saturated carbocycles. The Hall–Kier alpha value is -2.61. The van der Waals surface area contributed by atoms with Crippen LogP contribution in [0.3, 0.4) is 0 Å². The van der Waals surface area contributed by atoms with E-state index in [9.17, 15) is 14.7 Å². The number of carbonyl (C=O) groups is 2. The Morgan fingerprint density at radius 1 is 1.32 bits per heavy atom. The minimum atomic E-state index is -1.01. The van der Waals surface area contributed by atoms with E-state index in [1.807, 2.05) is 28.8 Å². The van der Waals surface area contributed by atoms with E-state index in [0.717, 1.165) is 11.5 Å². The summed E-state index contributed by atoms with van der Waals surface area (Å²) in [5.41, 5.74) is -0.788. The van der Waals surface area contributed by atoms with E-state index < -0.39 is 17.0 Å². The first-order chi connectivity index (χ1) is 13.1. The molecule has 152 valence electrons. The van der Waals surface area contributed by atoms with Gasteiger partial charge in [-0.3, -0.25) is 14.0 Å². The number of amides is 1. The summed E-state index contributed by atoms with van der Waals surface area (Å²) >= 11 is 0. The number of carboxylic acid groups (broad SMARTS) is 1. The van der Waals surface area contributed by atoms with Crippen molar-refractivity contribution in [3.8, 4) is 0 Å². The number of rotatable bonds is 7. The number of fused-ring (bicyclic) bond motifs is 1. The van der Waals surface area contributed by atoms with Crippen LogP contribution in [0.25, 0.3) is 5.65 Å². The lowest BCUT2D eigenvalue weighted by molar-refractivity contribution is -0.141. The minimum Gasteiger partial charge on any atom is -0.481 e. The summed E-state index contributed by atoms with van der Waals surface area (Å²) in [7, 11) is 1.66. The number of aromatic nitrogens is 2. The number of likely N-dealkylation sites (N-methyl/N-ethyl adjacent to an activating group) is 1. The first-order valence-corrected chi connectivity index (χ1v) is 9.44. The molecule has 3 heterocycles. The zero-order valence-electron chi connectivity index (χ0n) is 16.6. The van der Waals surface area contributed by atoms with Gasteiger partial charge in [0.15, 0.2) is 0 Å². The van der Waals surface area contributed by atoms with Gasteiger partial charge in [0.2, 0.25) is 5.91 Å². The highest BCUT2D eigenvalue weighted by molar-refractivity contribution is 5.78. The van der Waals surface area contributed by atoms with Crippen molar-refractivity contribution in [1.29, 1.82) is 0 Å². The highest BCUT2D eigenvalue weighted by Gasteiger charge is 2.39. The zero-order valence-corrected chi connectivity index (χ0v) is 16.6. The number of pyridine rings is 1. The maximum Gasteiger partial charge on any atom is 0.303 e. The number of hydrogen-bond acceptors (Lipinski definition) is 5. The molecule has 0 spiro atoms. The van der Waals surface area contributed by atoms with Gasteiger partial charge in [-0.15, -0.1) is 0 Å². The van der Waals surface area contributed by atoms with E-state index in [4.69, 9.17) is 5.11 Å². The Labute approximate surface area is 164 Å². The summed E-state index contributed by atoms with van der Waals surface area (Å²) in [6.07, 6.45) is 4.24. The molecule has 0 unspecified atom stereocenters. The number of anilines is 1. The van der Waals surface area contributed by atoms with Gasteiger partial charge in [0.05, 0.1) is 13.0 Å². The van der Waals surface area contributed by atoms with Crippen molar-refractivity contribution in [3.63, 3.8) is 0 Å². The normalized spacial score (nSPS) is 19.9. The fourth-order valence-corrected chi connectivity index (χ4v) is 3.92. The van der Waals surface area contributed by atoms with Crippen LogP contribution in [-0.2, 0) is 9.59 Å². The van der Waals surface area contributed by atoms with Gasteiger partial charge in [-0.1, -0.05) is 19.9 Å².